The second-order valence-electron chi connectivity index (χ2n) is 5.15. The molecule has 1 atom stereocenters. The van der Waals surface area contributed by atoms with Crippen molar-refractivity contribution in [1.82, 2.24) is 10.6 Å². The Kier molecular flexibility index (Phi) is 5.55. The first-order chi connectivity index (χ1) is 8.90. The topological polar surface area (TPSA) is 58.2 Å². The van der Waals surface area contributed by atoms with Crippen LogP contribution in [0.5, 0.6) is 0 Å². The predicted molar refractivity (Wildman–Crippen MR) is 76.0 cm³/mol. The predicted octanol–water partition coefficient (Wildman–Crippen LogP) is 1.89. The van der Waals surface area contributed by atoms with Crippen LogP contribution < -0.4 is 10.6 Å². The summed E-state index contributed by atoms with van der Waals surface area (Å²) >= 11 is 0. The van der Waals surface area contributed by atoms with Gasteiger partial charge >= 0.3 is 0 Å². The largest absolute Gasteiger partial charge is 0.352 e. The normalized spacial score (nSPS) is 12.1. The van der Waals surface area contributed by atoms with Crippen LogP contribution in [0.25, 0.3) is 0 Å². The summed E-state index contributed by atoms with van der Waals surface area (Å²) in [5.74, 6) is -0.0188. The number of hydrogen-bond donors (Lipinski definition) is 2. The van der Waals surface area contributed by atoms with Crippen molar-refractivity contribution in [3.05, 3.63) is 35.4 Å². The molecule has 1 aromatic rings. The van der Waals surface area contributed by atoms with E-state index in [1.165, 1.54) is 0 Å². The Morgan fingerprint density at radius 1 is 1.21 bits per heavy atom. The molecule has 4 nitrogen and oxygen atoms in total. The van der Waals surface area contributed by atoms with Crippen LogP contribution in [0.4, 0.5) is 0 Å². The Hall–Kier alpha value is -1.84. The summed E-state index contributed by atoms with van der Waals surface area (Å²) < 4.78 is 0. The van der Waals surface area contributed by atoms with Gasteiger partial charge in [0.1, 0.15) is 0 Å². The van der Waals surface area contributed by atoms with Crippen molar-refractivity contribution in [2.75, 3.05) is 6.54 Å². The maximum atomic E-state index is 11.8. The molecule has 19 heavy (non-hydrogen) atoms. The second-order valence-corrected chi connectivity index (χ2v) is 5.15. The van der Waals surface area contributed by atoms with Gasteiger partial charge in [-0.1, -0.05) is 31.5 Å². The average molecular weight is 262 g/mol. The van der Waals surface area contributed by atoms with E-state index in [-0.39, 0.29) is 24.4 Å². The zero-order valence-corrected chi connectivity index (χ0v) is 12.0. The van der Waals surface area contributed by atoms with Gasteiger partial charge < -0.3 is 10.6 Å². The quantitative estimate of drug-likeness (QED) is 0.851. The molecule has 4 heteroatoms. The van der Waals surface area contributed by atoms with Gasteiger partial charge in [-0.05, 0) is 31.9 Å². The van der Waals surface area contributed by atoms with Gasteiger partial charge in [-0.15, -0.1) is 0 Å². The van der Waals surface area contributed by atoms with E-state index < -0.39 is 0 Å². The van der Waals surface area contributed by atoms with Crippen molar-refractivity contribution in [2.45, 2.75) is 33.7 Å². The lowest BCUT2D eigenvalue weighted by Crippen LogP contribution is -2.42. The standard InChI is InChI=1S/C15H22N2O2/c1-10(2)12(4)17-14(18)9-16-15(19)13-7-5-6-11(3)8-13/h5-8,10,12H,9H2,1-4H3,(H,16,19)(H,17,18). The molecule has 0 bridgehead atoms. The molecule has 0 aromatic heterocycles. The van der Waals surface area contributed by atoms with Gasteiger partial charge in [0.15, 0.2) is 0 Å². The Balaban J connectivity index is 2.44. The third-order valence-electron chi connectivity index (χ3n) is 3.08. The molecule has 0 radical (unpaired) electrons. The highest BCUT2D eigenvalue weighted by Gasteiger charge is 2.12. The highest BCUT2D eigenvalue weighted by atomic mass is 16.2. The van der Waals surface area contributed by atoms with Crippen LogP contribution in [-0.2, 0) is 4.79 Å². The van der Waals surface area contributed by atoms with E-state index >= 15 is 0 Å². The number of hydrogen-bond acceptors (Lipinski definition) is 2. The fraction of sp³-hybridized carbons (Fsp3) is 0.467. The average Bonchev–Trinajstić information content (AvgIpc) is 2.35. The minimum atomic E-state index is -0.226. The summed E-state index contributed by atoms with van der Waals surface area (Å²) in [4.78, 5) is 23.5. The van der Waals surface area contributed by atoms with Crippen molar-refractivity contribution in [2.24, 2.45) is 5.92 Å². The van der Waals surface area contributed by atoms with Gasteiger partial charge in [-0.25, -0.2) is 0 Å². The molecule has 104 valence electrons. The first kappa shape index (κ1) is 15.2. The number of aryl methyl sites for hydroxylation is 1. The van der Waals surface area contributed by atoms with Crippen LogP contribution in [0.2, 0.25) is 0 Å². The van der Waals surface area contributed by atoms with Gasteiger partial charge in [-0.2, -0.15) is 0 Å². The van der Waals surface area contributed by atoms with Crippen molar-refractivity contribution < 1.29 is 9.59 Å². The van der Waals surface area contributed by atoms with Crippen molar-refractivity contribution in [1.29, 1.82) is 0 Å². The molecule has 0 saturated carbocycles. The van der Waals surface area contributed by atoms with Crippen LogP contribution in [0, 0.1) is 12.8 Å². The zero-order chi connectivity index (χ0) is 14.4. The second kappa shape index (κ2) is 6.92. The fourth-order valence-corrected chi connectivity index (χ4v) is 1.52. The van der Waals surface area contributed by atoms with Crippen molar-refractivity contribution >= 4 is 11.8 Å². The van der Waals surface area contributed by atoms with E-state index in [0.29, 0.717) is 11.5 Å². The van der Waals surface area contributed by atoms with E-state index in [1.807, 2.05) is 39.8 Å². The maximum absolute atomic E-state index is 11.8. The van der Waals surface area contributed by atoms with E-state index in [0.717, 1.165) is 5.56 Å². The minimum Gasteiger partial charge on any atom is -0.352 e. The Labute approximate surface area is 114 Å². The molecule has 1 aromatic carbocycles. The Morgan fingerprint density at radius 3 is 2.47 bits per heavy atom. The van der Waals surface area contributed by atoms with Gasteiger partial charge in [0.05, 0.1) is 6.54 Å². The number of nitrogens with one attached hydrogen (secondary N) is 2. The molecular formula is C15H22N2O2. The van der Waals surface area contributed by atoms with Gasteiger partial charge in [0.25, 0.3) is 5.91 Å². The number of amides is 2. The first-order valence-corrected chi connectivity index (χ1v) is 6.54. The lowest BCUT2D eigenvalue weighted by atomic mass is 10.1. The monoisotopic (exact) mass is 262 g/mol. The third-order valence-corrected chi connectivity index (χ3v) is 3.08. The van der Waals surface area contributed by atoms with Crippen LogP contribution >= 0.6 is 0 Å². The van der Waals surface area contributed by atoms with Gasteiger partial charge in [-0.3, -0.25) is 9.59 Å². The summed E-state index contributed by atoms with van der Waals surface area (Å²) in [7, 11) is 0. The van der Waals surface area contributed by atoms with Crippen molar-refractivity contribution in [3.63, 3.8) is 0 Å². The molecule has 0 aliphatic rings. The molecule has 0 heterocycles. The van der Waals surface area contributed by atoms with Gasteiger partial charge in [0, 0.05) is 11.6 Å². The molecule has 0 aliphatic carbocycles. The summed E-state index contributed by atoms with van der Waals surface area (Å²) in [6.45, 7) is 7.95. The molecule has 0 saturated heterocycles. The number of rotatable bonds is 5. The molecule has 2 amide bonds. The Bertz CT molecular complexity index is 455. The number of benzene rings is 1. The molecule has 2 N–H and O–H groups in total. The van der Waals surface area contributed by atoms with Crippen LogP contribution in [-0.4, -0.2) is 24.4 Å². The van der Waals surface area contributed by atoms with Crippen LogP contribution in [0.15, 0.2) is 24.3 Å². The molecule has 0 fully saturated rings. The lowest BCUT2D eigenvalue weighted by molar-refractivity contribution is -0.121. The number of carbonyl (C=O) groups excluding carboxylic acids is 2. The maximum Gasteiger partial charge on any atom is 0.251 e. The zero-order valence-electron chi connectivity index (χ0n) is 12.0. The van der Waals surface area contributed by atoms with Crippen LogP contribution in [0.1, 0.15) is 36.7 Å². The molecule has 1 rings (SSSR count). The molecule has 0 aliphatic heterocycles. The summed E-state index contributed by atoms with van der Waals surface area (Å²) in [6, 6.07) is 7.38. The van der Waals surface area contributed by atoms with Gasteiger partial charge in [0.2, 0.25) is 5.91 Å². The Morgan fingerprint density at radius 2 is 1.89 bits per heavy atom. The molecule has 1 unspecified atom stereocenters. The van der Waals surface area contributed by atoms with E-state index in [2.05, 4.69) is 10.6 Å². The summed E-state index contributed by atoms with van der Waals surface area (Å²) in [5, 5.41) is 5.46. The highest BCUT2D eigenvalue weighted by Crippen LogP contribution is 2.03. The SMILES string of the molecule is Cc1cccc(C(=O)NCC(=O)NC(C)C(C)C)c1. The fourth-order valence-electron chi connectivity index (χ4n) is 1.52. The first-order valence-electron chi connectivity index (χ1n) is 6.54. The molecule has 0 spiro atoms. The van der Waals surface area contributed by atoms with Crippen LogP contribution in [0.3, 0.4) is 0 Å². The third kappa shape index (κ3) is 5.12. The molecular weight excluding hydrogens is 240 g/mol. The highest BCUT2D eigenvalue weighted by molar-refractivity contribution is 5.96. The van der Waals surface area contributed by atoms with E-state index in [1.54, 1.807) is 12.1 Å². The van der Waals surface area contributed by atoms with E-state index in [4.69, 9.17) is 0 Å². The lowest BCUT2D eigenvalue weighted by Gasteiger charge is -2.17. The van der Waals surface area contributed by atoms with E-state index in [9.17, 15) is 9.59 Å². The summed E-state index contributed by atoms with van der Waals surface area (Å²) in [6.07, 6.45) is 0. The van der Waals surface area contributed by atoms with Crippen molar-refractivity contribution in [3.8, 4) is 0 Å². The number of carbonyl (C=O) groups is 2. The minimum absolute atomic E-state index is 0.00380. The smallest absolute Gasteiger partial charge is 0.251 e. The summed E-state index contributed by atoms with van der Waals surface area (Å²) in [5.41, 5.74) is 1.59.